The molecule has 1 atom stereocenters. The lowest BCUT2D eigenvalue weighted by Gasteiger charge is -2.38. The average molecular weight is 240 g/mol. The summed E-state index contributed by atoms with van der Waals surface area (Å²) >= 11 is 0. The van der Waals surface area contributed by atoms with Crippen molar-refractivity contribution in [3.8, 4) is 0 Å². The van der Waals surface area contributed by atoms with Gasteiger partial charge in [-0.25, -0.2) is 0 Å². The van der Waals surface area contributed by atoms with Crippen LogP contribution in [-0.2, 0) is 9.53 Å². The number of piperidine rings is 1. The van der Waals surface area contributed by atoms with Crippen molar-refractivity contribution < 1.29 is 9.53 Å². The summed E-state index contributed by atoms with van der Waals surface area (Å²) < 4.78 is 4.96. The standard InChI is InChI=1S/C13H24N2O2/c1-14-8-6-11(7-9-14)15(2)12(10-4-5-10)13(16)17-3/h10-12H,4-9H2,1-3H3. The number of likely N-dealkylation sites (tertiary alicyclic amines) is 1. The predicted octanol–water partition coefficient (Wildman–Crippen LogP) is 0.964. The fourth-order valence-corrected chi connectivity index (χ4v) is 2.85. The van der Waals surface area contributed by atoms with E-state index < -0.39 is 0 Å². The summed E-state index contributed by atoms with van der Waals surface area (Å²) in [5, 5.41) is 0. The SMILES string of the molecule is COC(=O)C(C1CC1)N(C)C1CCN(C)CC1. The molecule has 1 heterocycles. The van der Waals surface area contributed by atoms with Crippen molar-refractivity contribution in [2.75, 3.05) is 34.3 Å². The van der Waals surface area contributed by atoms with Gasteiger partial charge in [0.1, 0.15) is 6.04 Å². The quantitative estimate of drug-likeness (QED) is 0.685. The maximum Gasteiger partial charge on any atom is 0.323 e. The Kier molecular flexibility index (Phi) is 4.05. The minimum Gasteiger partial charge on any atom is -0.468 e. The number of esters is 1. The minimum atomic E-state index is -0.0473. The van der Waals surface area contributed by atoms with Crippen molar-refractivity contribution in [3.05, 3.63) is 0 Å². The molecule has 98 valence electrons. The normalized spacial score (nSPS) is 24.9. The Labute approximate surface area is 104 Å². The van der Waals surface area contributed by atoms with Crippen LogP contribution in [0.2, 0.25) is 0 Å². The second kappa shape index (κ2) is 5.36. The molecule has 1 aliphatic carbocycles. The summed E-state index contributed by atoms with van der Waals surface area (Å²) in [5.41, 5.74) is 0. The molecule has 0 N–H and O–H groups in total. The first kappa shape index (κ1) is 12.8. The Morgan fingerprint density at radius 2 is 1.88 bits per heavy atom. The minimum absolute atomic E-state index is 0.00611. The van der Waals surface area contributed by atoms with Crippen LogP contribution >= 0.6 is 0 Å². The van der Waals surface area contributed by atoms with Crippen LogP contribution in [0.4, 0.5) is 0 Å². The summed E-state index contributed by atoms with van der Waals surface area (Å²) in [7, 11) is 5.75. The second-order valence-electron chi connectivity index (χ2n) is 5.51. The zero-order valence-electron chi connectivity index (χ0n) is 11.2. The van der Waals surface area contributed by atoms with E-state index in [1.807, 2.05) is 0 Å². The first-order valence-corrected chi connectivity index (χ1v) is 6.61. The molecular formula is C13H24N2O2. The molecule has 4 heteroatoms. The van der Waals surface area contributed by atoms with E-state index in [4.69, 9.17) is 4.74 Å². The molecule has 2 fully saturated rings. The largest absolute Gasteiger partial charge is 0.468 e. The van der Waals surface area contributed by atoms with Gasteiger partial charge in [0.25, 0.3) is 0 Å². The lowest BCUT2D eigenvalue weighted by Crippen LogP contribution is -2.50. The molecule has 0 aromatic rings. The number of likely N-dealkylation sites (N-methyl/N-ethyl adjacent to an activating group) is 1. The van der Waals surface area contributed by atoms with E-state index in [-0.39, 0.29) is 12.0 Å². The van der Waals surface area contributed by atoms with Crippen LogP contribution in [0.25, 0.3) is 0 Å². The molecule has 1 saturated heterocycles. The van der Waals surface area contributed by atoms with Crippen molar-refractivity contribution in [1.82, 2.24) is 9.80 Å². The van der Waals surface area contributed by atoms with E-state index in [0.717, 1.165) is 25.9 Å². The van der Waals surface area contributed by atoms with Crippen LogP contribution in [0, 0.1) is 5.92 Å². The zero-order valence-corrected chi connectivity index (χ0v) is 11.2. The number of nitrogens with zero attached hydrogens (tertiary/aromatic N) is 2. The highest BCUT2D eigenvalue weighted by Gasteiger charge is 2.42. The Morgan fingerprint density at radius 3 is 2.35 bits per heavy atom. The molecule has 0 amide bonds. The van der Waals surface area contributed by atoms with E-state index in [2.05, 4.69) is 23.9 Å². The Balaban J connectivity index is 1.96. The Morgan fingerprint density at radius 1 is 1.29 bits per heavy atom. The first-order chi connectivity index (χ1) is 8.13. The third kappa shape index (κ3) is 2.99. The Hall–Kier alpha value is -0.610. The third-order valence-corrected chi connectivity index (χ3v) is 4.21. The van der Waals surface area contributed by atoms with Gasteiger partial charge in [0.2, 0.25) is 0 Å². The number of hydrogen-bond donors (Lipinski definition) is 0. The molecule has 17 heavy (non-hydrogen) atoms. The van der Waals surface area contributed by atoms with Crippen molar-refractivity contribution >= 4 is 5.97 Å². The van der Waals surface area contributed by atoms with Crippen LogP contribution in [0.5, 0.6) is 0 Å². The van der Waals surface area contributed by atoms with Crippen molar-refractivity contribution in [1.29, 1.82) is 0 Å². The molecule has 1 saturated carbocycles. The number of ether oxygens (including phenoxy) is 1. The van der Waals surface area contributed by atoms with E-state index in [0.29, 0.717) is 12.0 Å². The summed E-state index contributed by atoms with van der Waals surface area (Å²) in [4.78, 5) is 16.5. The molecule has 1 unspecified atom stereocenters. The van der Waals surface area contributed by atoms with Gasteiger partial charge >= 0.3 is 5.97 Å². The van der Waals surface area contributed by atoms with Crippen LogP contribution in [0.1, 0.15) is 25.7 Å². The summed E-state index contributed by atoms with van der Waals surface area (Å²) in [6.07, 6.45) is 4.67. The van der Waals surface area contributed by atoms with Crippen molar-refractivity contribution in [3.63, 3.8) is 0 Å². The van der Waals surface area contributed by atoms with E-state index in [9.17, 15) is 4.79 Å². The fraction of sp³-hybridized carbons (Fsp3) is 0.923. The first-order valence-electron chi connectivity index (χ1n) is 6.61. The van der Waals surface area contributed by atoms with E-state index >= 15 is 0 Å². The van der Waals surface area contributed by atoms with E-state index in [1.54, 1.807) is 0 Å². The summed E-state index contributed by atoms with van der Waals surface area (Å²) in [6, 6.07) is 0.532. The summed E-state index contributed by atoms with van der Waals surface area (Å²) in [5.74, 6) is 0.487. The van der Waals surface area contributed by atoms with Gasteiger partial charge in [0.15, 0.2) is 0 Å². The van der Waals surface area contributed by atoms with Gasteiger partial charge < -0.3 is 9.64 Å². The average Bonchev–Trinajstić information content (AvgIpc) is 3.14. The molecule has 0 aromatic carbocycles. The van der Waals surface area contributed by atoms with Crippen molar-refractivity contribution in [2.45, 2.75) is 37.8 Å². The van der Waals surface area contributed by atoms with Crippen LogP contribution < -0.4 is 0 Å². The number of methoxy groups -OCH3 is 1. The van der Waals surface area contributed by atoms with Gasteiger partial charge in [0, 0.05) is 6.04 Å². The molecule has 4 nitrogen and oxygen atoms in total. The lowest BCUT2D eigenvalue weighted by molar-refractivity contribution is -0.148. The van der Waals surface area contributed by atoms with Crippen LogP contribution in [0.3, 0.4) is 0 Å². The maximum absolute atomic E-state index is 11.9. The van der Waals surface area contributed by atoms with Gasteiger partial charge in [-0.3, -0.25) is 9.69 Å². The molecule has 2 rings (SSSR count). The number of rotatable bonds is 4. The monoisotopic (exact) mass is 240 g/mol. The van der Waals surface area contributed by atoms with Gasteiger partial charge in [-0.15, -0.1) is 0 Å². The fourth-order valence-electron chi connectivity index (χ4n) is 2.85. The number of carbonyl (C=O) groups is 1. The predicted molar refractivity (Wildman–Crippen MR) is 66.8 cm³/mol. The zero-order chi connectivity index (χ0) is 12.4. The molecule has 1 aliphatic heterocycles. The lowest BCUT2D eigenvalue weighted by atomic mass is 10.0. The maximum atomic E-state index is 11.9. The highest BCUT2D eigenvalue weighted by atomic mass is 16.5. The molecule has 2 aliphatic rings. The third-order valence-electron chi connectivity index (χ3n) is 4.21. The molecule has 0 spiro atoms. The molecule has 0 radical (unpaired) electrons. The van der Waals surface area contributed by atoms with Crippen molar-refractivity contribution in [2.24, 2.45) is 5.92 Å². The molecule has 0 bridgehead atoms. The van der Waals surface area contributed by atoms with Gasteiger partial charge in [-0.05, 0) is 58.8 Å². The smallest absolute Gasteiger partial charge is 0.323 e. The van der Waals surface area contributed by atoms with Gasteiger partial charge in [-0.2, -0.15) is 0 Å². The second-order valence-corrected chi connectivity index (χ2v) is 5.51. The highest BCUT2D eigenvalue weighted by molar-refractivity contribution is 5.76. The van der Waals surface area contributed by atoms with E-state index in [1.165, 1.54) is 20.0 Å². The van der Waals surface area contributed by atoms with Crippen LogP contribution in [-0.4, -0.2) is 62.1 Å². The molecular weight excluding hydrogens is 216 g/mol. The van der Waals surface area contributed by atoms with Gasteiger partial charge in [-0.1, -0.05) is 0 Å². The topological polar surface area (TPSA) is 32.8 Å². The number of hydrogen-bond acceptors (Lipinski definition) is 4. The molecule has 0 aromatic heterocycles. The number of carbonyl (C=O) groups excluding carboxylic acids is 1. The summed E-state index contributed by atoms with van der Waals surface area (Å²) in [6.45, 7) is 2.27. The van der Waals surface area contributed by atoms with Crippen LogP contribution in [0.15, 0.2) is 0 Å². The highest BCUT2D eigenvalue weighted by Crippen LogP contribution is 2.37. The Bertz CT molecular complexity index is 271. The van der Waals surface area contributed by atoms with Gasteiger partial charge in [0.05, 0.1) is 7.11 Å².